The van der Waals surface area contributed by atoms with E-state index in [-0.39, 0.29) is 11.6 Å². The van der Waals surface area contributed by atoms with Crippen LogP contribution in [0.25, 0.3) is 0 Å². The molecule has 2 aromatic rings. The molecule has 0 saturated heterocycles. The number of nitrogens with one attached hydrogen (secondary N) is 1. The molecule has 19 heavy (non-hydrogen) atoms. The number of hydrazine groups is 1. The number of nitrogen functional groups attached to an aromatic ring is 3. The lowest BCUT2D eigenvalue weighted by Gasteiger charge is -2.12. The van der Waals surface area contributed by atoms with Crippen molar-refractivity contribution in [3.8, 4) is 0 Å². The third kappa shape index (κ3) is 2.58. The van der Waals surface area contributed by atoms with Gasteiger partial charge in [-0.15, -0.1) is 0 Å². The molecule has 0 fully saturated rings. The number of nitrogens with zero attached hydrogens (tertiary/aromatic N) is 1. The van der Waals surface area contributed by atoms with Gasteiger partial charge in [-0.05, 0) is 29.7 Å². The van der Waals surface area contributed by atoms with Crippen molar-refractivity contribution in [1.82, 2.24) is 4.98 Å². The van der Waals surface area contributed by atoms with Gasteiger partial charge in [0.15, 0.2) is 5.82 Å². The van der Waals surface area contributed by atoms with E-state index in [4.69, 9.17) is 17.3 Å². The van der Waals surface area contributed by atoms with E-state index in [0.29, 0.717) is 34.6 Å². The van der Waals surface area contributed by atoms with Crippen LogP contribution in [0.15, 0.2) is 24.3 Å². The monoisotopic (exact) mass is 261 g/mol. The van der Waals surface area contributed by atoms with E-state index in [0.717, 1.165) is 0 Å². The molecule has 2 rings (SSSR count). The van der Waals surface area contributed by atoms with Crippen LogP contribution in [0.4, 0.5) is 21.7 Å². The molecule has 0 aliphatic heterocycles. The Morgan fingerprint density at radius 2 is 2.00 bits per heavy atom. The maximum absolute atomic E-state index is 14.0. The number of aromatic nitrogens is 1. The molecule has 0 bridgehead atoms. The standard InChI is InChI=1S/C13H16FN5/c1-7-3-2-4-8(11(7)14)5-9-6-10(15)18-13(19-17)12(9)16/h2-4,6H,5,16-17H2,1H3,(H3,15,18,19). The summed E-state index contributed by atoms with van der Waals surface area (Å²) in [6, 6.07) is 6.86. The van der Waals surface area contributed by atoms with Gasteiger partial charge in [0, 0.05) is 6.42 Å². The molecule has 0 amide bonds. The van der Waals surface area contributed by atoms with Crippen molar-refractivity contribution >= 4 is 17.3 Å². The lowest BCUT2D eigenvalue weighted by molar-refractivity contribution is 0.605. The molecular formula is C13H16FN5. The van der Waals surface area contributed by atoms with Crippen LogP contribution in [0, 0.1) is 12.7 Å². The average molecular weight is 261 g/mol. The summed E-state index contributed by atoms with van der Waals surface area (Å²) in [5, 5.41) is 0. The van der Waals surface area contributed by atoms with E-state index in [1.165, 1.54) is 0 Å². The zero-order valence-corrected chi connectivity index (χ0v) is 10.6. The van der Waals surface area contributed by atoms with Gasteiger partial charge in [0.2, 0.25) is 0 Å². The Labute approximate surface area is 110 Å². The minimum Gasteiger partial charge on any atom is -0.395 e. The van der Waals surface area contributed by atoms with Gasteiger partial charge in [0.25, 0.3) is 0 Å². The Bertz CT molecular complexity index is 612. The summed E-state index contributed by atoms with van der Waals surface area (Å²) in [6.45, 7) is 1.72. The third-order valence-corrected chi connectivity index (χ3v) is 2.95. The molecule has 0 aliphatic rings. The Morgan fingerprint density at radius 1 is 1.26 bits per heavy atom. The highest BCUT2D eigenvalue weighted by Gasteiger charge is 2.11. The van der Waals surface area contributed by atoms with Crippen LogP contribution in [0.3, 0.4) is 0 Å². The van der Waals surface area contributed by atoms with Crippen molar-refractivity contribution in [3.63, 3.8) is 0 Å². The van der Waals surface area contributed by atoms with Crippen molar-refractivity contribution in [2.75, 3.05) is 16.9 Å². The van der Waals surface area contributed by atoms with Gasteiger partial charge in [0.05, 0.1) is 5.69 Å². The predicted molar refractivity (Wildman–Crippen MR) is 74.8 cm³/mol. The van der Waals surface area contributed by atoms with E-state index in [9.17, 15) is 4.39 Å². The largest absolute Gasteiger partial charge is 0.395 e. The van der Waals surface area contributed by atoms with Crippen LogP contribution in [0.2, 0.25) is 0 Å². The molecule has 0 radical (unpaired) electrons. The minimum atomic E-state index is -0.237. The van der Waals surface area contributed by atoms with Gasteiger partial charge in [-0.25, -0.2) is 15.2 Å². The van der Waals surface area contributed by atoms with Gasteiger partial charge in [-0.3, -0.25) is 0 Å². The van der Waals surface area contributed by atoms with Crippen molar-refractivity contribution in [1.29, 1.82) is 0 Å². The van der Waals surface area contributed by atoms with E-state index in [1.807, 2.05) is 0 Å². The second-order valence-electron chi connectivity index (χ2n) is 4.34. The van der Waals surface area contributed by atoms with Crippen molar-refractivity contribution in [2.24, 2.45) is 5.84 Å². The SMILES string of the molecule is Cc1cccc(Cc2cc(N)nc(NN)c2N)c1F. The summed E-state index contributed by atoms with van der Waals surface area (Å²) >= 11 is 0. The van der Waals surface area contributed by atoms with Crippen LogP contribution >= 0.6 is 0 Å². The Morgan fingerprint density at radius 3 is 2.68 bits per heavy atom. The van der Waals surface area contributed by atoms with Gasteiger partial charge in [-0.1, -0.05) is 18.2 Å². The molecule has 100 valence electrons. The van der Waals surface area contributed by atoms with Crippen LogP contribution < -0.4 is 22.7 Å². The summed E-state index contributed by atoms with van der Waals surface area (Å²) in [5.74, 6) is 5.65. The molecule has 0 spiro atoms. The zero-order valence-electron chi connectivity index (χ0n) is 10.6. The molecule has 1 aromatic heterocycles. The first-order chi connectivity index (χ1) is 9.02. The fourth-order valence-electron chi connectivity index (χ4n) is 1.94. The third-order valence-electron chi connectivity index (χ3n) is 2.95. The number of rotatable bonds is 3. The highest BCUT2D eigenvalue weighted by Crippen LogP contribution is 2.26. The second-order valence-corrected chi connectivity index (χ2v) is 4.34. The quantitative estimate of drug-likeness (QED) is 0.496. The van der Waals surface area contributed by atoms with Gasteiger partial charge in [-0.2, -0.15) is 0 Å². The Hall–Kier alpha value is -2.34. The lowest BCUT2D eigenvalue weighted by Crippen LogP contribution is -2.13. The summed E-state index contributed by atoms with van der Waals surface area (Å²) in [4.78, 5) is 3.96. The topological polar surface area (TPSA) is 103 Å². The number of aryl methyl sites for hydroxylation is 1. The Kier molecular flexibility index (Phi) is 3.52. The lowest BCUT2D eigenvalue weighted by atomic mass is 10.0. The molecule has 0 atom stereocenters. The molecule has 7 N–H and O–H groups in total. The first-order valence-corrected chi connectivity index (χ1v) is 5.78. The zero-order chi connectivity index (χ0) is 14.0. The smallest absolute Gasteiger partial charge is 0.165 e. The molecule has 0 aliphatic carbocycles. The van der Waals surface area contributed by atoms with Crippen LogP contribution in [0.5, 0.6) is 0 Å². The van der Waals surface area contributed by atoms with Crippen LogP contribution in [-0.4, -0.2) is 4.98 Å². The highest BCUT2D eigenvalue weighted by atomic mass is 19.1. The fraction of sp³-hybridized carbons (Fsp3) is 0.154. The first-order valence-electron chi connectivity index (χ1n) is 5.78. The fourth-order valence-corrected chi connectivity index (χ4v) is 1.94. The molecule has 1 heterocycles. The van der Waals surface area contributed by atoms with Crippen molar-refractivity contribution in [2.45, 2.75) is 13.3 Å². The van der Waals surface area contributed by atoms with Crippen LogP contribution in [-0.2, 0) is 6.42 Å². The Balaban J connectivity index is 2.43. The molecule has 0 unspecified atom stereocenters. The molecule has 1 aromatic carbocycles. The second kappa shape index (κ2) is 5.11. The normalized spacial score (nSPS) is 10.5. The van der Waals surface area contributed by atoms with E-state index >= 15 is 0 Å². The van der Waals surface area contributed by atoms with Gasteiger partial charge in [0.1, 0.15) is 11.6 Å². The minimum absolute atomic E-state index is 0.237. The van der Waals surface area contributed by atoms with Crippen LogP contribution in [0.1, 0.15) is 16.7 Å². The number of anilines is 3. The maximum Gasteiger partial charge on any atom is 0.165 e. The summed E-state index contributed by atoms with van der Waals surface area (Å²) in [6.07, 6.45) is 0.334. The summed E-state index contributed by atoms with van der Waals surface area (Å²) < 4.78 is 14.0. The molecular weight excluding hydrogens is 245 g/mol. The number of hydrogen-bond acceptors (Lipinski definition) is 5. The number of halogens is 1. The number of hydrogen-bond donors (Lipinski definition) is 4. The van der Waals surface area contributed by atoms with Crippen molar-refractivity contribution in [3.05, 3.63) is 46.8 Å². The summed E-state index contributed by atoms with van der Waals surface area (Å²) in [5.41, 5.74) is 16.2. The highest BCUT2D eigenvalue weighted by molar-refractivity contribution is 5.68. The van der Waals surface area contributed by atoms with Gasteiger partial charge < -0.3 is 16.9 Å². The molecule has 6 heteroatoms. The van der Waals surface area contributed by atoms with Gasteiger partial charge >= 0.3 is 0 Å². The number of benzene rings is 1. The molecule has 0 saturated carbocycles. The number of nitrogens with two attached hydrogens (primary N) is 3. The predicted octanol–water partition coefficient (Wildman–Crippen LogP) is 1.57. The van der Waals surface area contributed by atoms with Crippen molar-refractivity contribution < 1.29 is 4.39 Å². The van der Waals surface area contributed by atoms with E-state index in [2.05, 4.69) is 10.4 Å². The number of pyridine rings is 1. The van der Waals surface area contributed by atoms with E-state index < -0.39 is 0 Å². The first kappa shape index (κ1) is 13.1. The molecule has 5 nitrogen and oxygen atoms in total. The van der Waals surface area contributed by atoms with E-state index in [1.54, 1.807) is 31.2 Å². The average Bonchev–Trinajstić information content (AvgIpc) is 2.38. The summed E-state index contributed by atoms with van der Waals surface area (Å²) in [7, 11) is 0. The maximum atomic E-state index is 14.0.